The van der Waals surface area contributed by atoms with Crippen LogP contribution in [0.25, 0.3) is 0 Å². The van der Waals surface area contributed by atoms with Crippen molar-refractivity contribution < 1.29 is 19.8 Å². The number of rotatable bonds is 3. The smallest absolute Gasteiger partial charge is 0.313 e. The molecule has 0 amide bonds. The van der Waals surface area contributed by atoms with Crippen LogP contribution in [-0.4, -0.2) is 39.1 Å². The number of aliphatic carboxylic acids is 1. The molecule has 0 aromatic rings. The molecule has 3 saturated carbocycles. The molecule has 2 N–H and O–H groups in total. The number of carboxylic acids is 1. The fourth-order valence-electron chi connectivity index (χ4n) is 6.72. The number of carboxylic acid groups (broad SMARTS) is 1. The van der Waals surface area contributed by atoms with Crippen LogP contribution in [0, 0.1) is 28.6 Å². The largest absolute Gasteiger partial charge is 0.481 e. The van der Waals surface area contributed by atoms with Crippen molar-refractivity contribution in [3.05, 3.63) is 11.6 Å². The van der Waals surface area contributed by atoms with E-state index in [-0.39, 0.29) is 27.9 Å². The van der Waals surface area contributed by atoms with Crippen molar-refractivity contribution in [3.8, 4) is 0 Å². The number of aliphatic hydroxyl groups is 1. The van der Waals surface area contributed by atoms with Crippen molar-refractivity contribution in [1.29, 1.82) is 0 Å². The van der Waals surface area contributed by atoms with E-state index >= 15 is 0 Å². The van der Waals surface area contributed by atoms with Crippen molar-refractivity contribution in [1.82, 2.24) is 0 Å². The van der Waals surface area contributed by atoms with Gasteiger partial charge in [0.1, 0.15) is 0 Å². The van der Waals surface area contributed by atoms with E-state index in [1.165, 1.54) is 17.3 Å². The van der Waals surface area contributed by atoms with E-state index < -0.39 is 5.97 Å². The molecule has 3 fully saturated rings. The highest BCUT2D eigenvalue weighted by molar-refractivity contribution is 8.01. The number of ketones is 1. The SMILES string of the molecule is C[C@]12CC[C@H](O)CC1=CC[C@@H]1[C@@H]2CC[C@]2(C)C(=O)[C@@H](SCC(=O)O)C[C@@H]12. The van der Waals surface area contributed by atoms with Gasteiger partial charge in [0.2, 0.25) is 0 Å². The number of allylic oxidation sites excluding steroid dienone is 1. The molecule has 26 heavy (non-hydrogen) atoms. The van der Waals surface area contributed by atoms with Gasteiger partial charge in [0.15, 0.2) is 5.78 Å². The molecule has 4 rings (SSSR count). The summed E-state index contributed by atoms with van der Waals surface area (Å²) in [5.74, 6) is 0.987. The van der Waals surface area contributed by atoms with Crippen molar-refractivity contribution in [2.75, 3.05) is 5.75 Å². The number of hydrogen-bond acceptors (Lipinski definition) is 4. The van der Waals surface area contributed by atoms with E-state index in [4.69, 9.17) is 5.11 Å². The first-order chi connectivity index (χ1) is 12.3. The van der Waals surface area contributed by atoms with Crippen LogP contribution in [0.5, 0.6) is 0 Å². The molecule has 7 atom stereocenters. The molecule has 0 aliphatic heterocycles. The van der Waals surface area contributed by atoms with Gasteiger partial charge in [-0.2, -0.15) is 0 Å². The molecular formula is C21H30O4S. The Morgan fingerprint density at radius 3 is 2.69 bits per heavy atom. The van der Waals surface area contributed by atoms with Crippen LogP contribution in [0.4, 0.5) is 0 Å². The number of hydrogen-bond donors (Lipinski definition) is 2. The maximum absolute atomic E-state index is 13.1. The summed E-state index contributed by atoms with van der Waals surface area (Å²) < 4.78 is 0. The Balaban J connectivity index is 1.60. The number of Topliss-reactive ketones (excluding diaryl/α,β-unsaturated/α-hetero) is 1. The topological polar surface area (TPSA) is 74.6 Å². The first-order valence-corrected chi connectivity index (χ1v) is 11.1. The van der Waals surface area contributed by atoms with E-state index in [0.717, 1.165) is 44.9 Å². The molecule has 0 heterocycles. The van der Waals surface area contributed by atoms with Gasteiger partial charge in [-0.1, -0.05) is 25.5 Å². The standard InChI is InChI=1S/C21H30O4S/c1-20-7-5-13(22)9-12(20)3-4-14-15(20)6-8-21(2)16(14)10-17(19(21)25)26-11-18(23)24/h3,13-17,22H,4-11H2,1-2H3,(H,23,24)/t13-,14+,15-,16-,17-,20-,21-/m0/s1. The van der Waals surface area contributed by atoms with Gasteiger partial charge in [-0.05, 0) is 68.1 Å². The normalized spacial score (nSPS) is 47.6. The average molecular weight is 379 g/mol. The molecule has 0 unspecified atom stereocenters. The number of carbonyl (C=O) groups excluding carboxylic acids is 1. The van der Waals surface area contributed by atoms with Gasteiger partial charge >= 0.3 is 5.97 Å². The summed E-state index contributed by atoms with van der Waals surface area (Å²) in [5, 5.41) is 18.9. The zero-order valence-electron chi connectivity index (χ0n) is 15.7. The Kier molecular flexibility index (Phi) is 4.54. The fraction of sp³-hybridized carbons (Fsp3) is 0.810. The molecule has 4 aliphatic rings. The summed E-state index contributed by atoms with van der Waals surface area (Å²) >= 11 is 1.33. The Hall–Kier alpha value is -0.810. The van der Waals surface area contributed by atoms with E-state index in [9.17, 15) is 14.7 Å². The second-order valence-electron chi connectivity index (χ2n) is 9.41. The zero-order chi connectivity index (χ0) is 18.7. The van der Waals surface area contributed by atoms with Crippen molar-refractivity contribution >= 4 is 23.5 Å². The molecular weight excluding hydrogens is 348 g/mol. The second-order valence-corrected chi connectivity index (χ2v) is 10.6. The molecule has 0 aromatic carbocycles. The highest BCUT2D eigenvalue weighted by Crippen LogP contribution is 2.64. The van der Waals surface area contributed by atoms with Crippen LogP contribution < -0.4 is 0 Å². The summed E-state index contributed by atoms with van der Waals surface area (Å²) in [6, 6.07) is 0. The molecule has 0 spiro atoms. The minimum absolute atomic E-state index is 0.0208. The number of carbonyl (C=O) groups is 2. The first-order valence-electron chi connectivity index (χ1n) is 10.0. The molecule has 4 nitrogen and oxygen atoms in total. The van der Waals surface area contributed by atoms with Crippen LogP contribution in [0.15, 0.2) is 11.6 Å². The third-order valence-corrected chi connectivity index (χ3v) is 9.42. The van der Waals surface area contributed by atoms with Crippen LogP contribution in [0.2, 0.25) is 0 Å². The molecule has 0 aromatic heterocycles. The number of fused-ring (bicyclic) bond motifs is 5. The van der Waals surface area contributed by atoms with Gasteiger partial charge in [-0.15, -0.1) is 11.8 Å². The molecule has 4 aliphatic carbocycles. The summed E-state index contributed by atoms with van der Waals surface area (Å²) in [6.45, 7) is 4.53. The Labute approximate surface area is 159 Å². The lowest BCUT2D eigenvalue weighted by molar-refractivity contribution is -0.133. The average Bonchev–Trinajstić information content (AvgIpc) is 2.85. The molecule has 144 valence electrons. The number of aliphatic hydroxyl groups excluding tert-OH is 1. The predicted molar refractivity (Wildman–Crippen MR) is 102 cm³/mol. The van der Waals surface area contributed by atoms with Gasteiger partial charge in [0.25, 0.3) is 0 Å². The molecule has 0 saturated heterocycles. The van der Waals surface area contributed by atoms with Crippen molar-refractivity contribution in [3.63, 3.8) is 0 Å². The van der Waals surface area contributed by atoms with Gasteiger partial charge in [-0.3, -0.25) is 9.59 Å². The summed E-state index contributed by atoms with van der Waals surface area (Å²) in [4.78, 5) is 24.0. The van der Waals surface area contributed by atoms with Crippen LogP contribution in [0.3, 0.4) is 0 Å². The van der Waals surface area contributed by atoms with E-state index in [1.807, 2.05) is 0 Å². The van der Waals surface area contributed by atoms with Crippen molar-refractivity contribution in [2.24, 2.45) is 28.6 Å². The Morgan fingerprint density at radius 2 is 1.96 bits per heavy atom. The third kappa shape index (κ3) is 2.69. The lowest BCUT2D eigenvalue weighted by atomic mass is 9.48. The van der Waals surface area contributed by atoms with Crippen molar-refractivity contribution in [2.45, 2.75) is 70.1 Å². The predicted octanol–water partition coefficient (Wildman–Crippen LogP) is 3.68. The van der Waals surface area contributed by atoms with Gasteiger partial charge in [-0.25, -0.2) is 0 Å². The molecule has 0 bridgehead atoms. The van der Waals surface area contributed by atoms with Crippen LogP contribution >= 0.6 is 11.8 Å². The van der Waals surface area contributed by atoms with Gasteiger partial charge in [0.05, 0.1) is 17.1 Å². The first kappa shape index (κ1) is 18.5. The minimum Gasteiger partial charge on any atom is -0.481 e. The van der Waals surface area contributed by atoms with E-state index in [2.05, 4.69) is 19.9 Å². The lowest BCUT2D eigenvalue weighted by Crippen LogP contribution is -2.50. The fourth-order valence-corrected chi connectivity index (χ4v) is 7.83. The van der Waals surface area contributed by atoms with E-state index in [1.54, 1.807) is 0 Å². The third-order valence-electron chi connectivity index (χ3n) is 8.20. The quantitative estimate of drug-likeness (QED) is 0.733. The maximum atomic E-state index is 13.1. The summed E-state index contributed by atoms with van der Waals surface area (Å²) in [7, 11) is 0. The highest BCUT2D eigenvalue weighted by atomic mass is 32.2. The minimum atomic E-state index is -0.834. The number of thioether (sulfide) groups is 1. The maximum Gasteiger partial charge on any atom is 0.313 e. The van der Waals surface area contributed by atoms with Gasteiger partial charge < -0.3 is 10.2 Å². The molecule has 0 radical (unpaired) electrons. The van der Waals surface area contributed by atoms with Crippen LogP contribution in [0.1, 0.15) is 58.8 Å². The molecule has 5 heteroatoms. The Morgan fingerprint density at radius 1 is 1.23 bits per heavy atom. The van der Waals surface area contributed by atoms with Gasteiger partial charge in [0, 0.05) is 5.41 Å². The van der Waals surface area contributed by atoms with E-state index in [0.29, 0.717) is 23.5 Å². The summed E-state index contributed by atoms with van der Waals surface area (Å²) in [6.07, 6.45) is 8.82. The highest BCUT2D eigenvalue weighted by Gasteiger charge is 2.61. The summed E-state index contributed by atoms with van der Waals surface area (Å²) in [5.41, 5.74) is 1.36. The Bertz CT molecular complexity index is 658. The monoisotopic (exact) mass is 378 g/mol. The lowest BCUT2D eigenvalue weighted by Gasteiger charge is -2.56. The van der Waals surface area contributed by atoms with Crippen LogP contribution in [-0.2, 0) is 9.59 Å². The second kappa shape index (κ2) is 6.37. The zero-order valence-corrected chi connectivity index (χ0v) is 16.6.